The van der Waals surface area contributed by atoms with Crippen LogP contribution < -0.4 is 10.9 Å². The summed E-state index contributed by atoms with van der Waals surface area (Å²) in [4.78, 5) is 42.9. The first-order valence-corrected chi connectivity index (χ1v) is 7.72. The van der Waals surface area contributed by atoms with E-state index in [4.69, 9.17) is 0 Å². The van der Waals surface area contributed by atoms with Crippen LogP contribution in [0.4, 0.5) is 0 Å². The van der Waals surface area contributed by atoms with Crippen LogP contribution in [-0.2, 0) is 6.54 Å². The molecular formula is C15H17N5O3. The van der Waals surface area contributed by atoms with Crippen molar-refractivity contribution in [1.82, 2.24) is 24.8 Å². The third kappa shape index (κ3) is 2.13. The van der Waals surface area contributed by atoms with Crippen molar-refractivity contribution in [1.29, 1.82) is 0 Å². The van der Waals surface area contributed by atoms with Gasteiger partial charge in [0.2, 0.25) is 0 Å². The maximum Gasteiger partial charge on any atom is 0.278 e. The van der Waals surface area contributed by atoms with Crippen LogP contribution in [0, 0.1) is 0 Å². The number of amides is 2. The van der Waals surface area contributed by atoms with Crippen molar-refractivity contribution in [2.45, 2.75) is 45.3 Å². The molecule has 0 unspecified atom stereocenters. The van der Waals surface area contributed by atoms with Crippen LogP contribution in [0.1, 0.15) is 53.2 Å². The van der Waals surface area contributed by atoms with Crippen molar-refractivity contribution in [2.24, 2.45) is 0 Å². The second-order valence-corrected chi connectivity index (χ2v) is 6.38. The van der Waals surface area contributed by atoms with Crippen LogP contribution in [0.15, 0.2) is 10.9 Å². The number of carbonyl (C=O) groups excluding carboxylic acids is 2. The average molecular weight is 315 g/mol. The van der Waals surface area contributed by atoms with Gasteiger partial charge in [0.15, 0.2) is 5.65 Å². The summed E-state index contributed by atoms with van der Waals surface area (Å²) >= 11 is 0. The fourth-order valence-corrected chi connectivity index (χ4v) is 2.78. The van der Waals surface area contributed by atoms with E-state index in [9.17, 15) is 14.4 Å². The van der Waals surface area contributed by atoms with E-state index in [-0.39, 0.29) is 53.0 Å². The van der Waals surface area contributed by atoms with Crippen molar-refractivity contribution in [3.63, 3.8) is 0 Å². The van der Waals surface area contributed by atoms with Crippen LogP contribution in [0.25, 0.3) is 5.65 Å². The highest BCUT2D eigenvalue weighted by Gasteiger charge is 2.34. The lowest BCUT2D eigenvalue weighted by atomic mass is 10.2. The van der Waals surface area contributed by atoms with Crippen LogP contribution in [0.5, 0.6) is 0 Å². The Morgan fingerprint density at radius 1 is 1.39 bits per heavy atom. The van der Waals surface area contributed by atoms with Crippen LogP contribution in [-0.4, -0.2) is 43.4 Å². The molecule has 8 nitrogen and oxygen atoms in total. The van der Waals surface area contributed by atoms with E-state index in [0.29, 0.717) is 5.56 Å². The molecule has 4 rings (SSSR count). The summed E-state index contributed by atoms with van der Waals surface area (Å²) < 4.78 is 1.23. The van der Waals surface area contributed by atoms with Gasteiger partial charge in [0.25, 0.3) is 17.4 Å². The van der Waals surface area contributed by atoms with Gasteiger partial charge in [0, 0.05) is 18.2 Å². The molecule has 2 aromatic heterocycles. The normalized spacial score (nSPS) is 17.2. The number of hydrogen-bond donors (Lipinski definition) is 2. The molecule has 3 heterocycles. The molecular weight excluding hydrogens is 298 g/mol. The topological polar surface area (TPSA) is 99.6 Å². The molecule has 2 amide bonds. The first-order valence-electron chi connectivity index (χ1n) is 7.72. The molecule has 0 spiro atoms. The zero-order valence-corrected chi connectivity index (χ0v) is 12.9. The molecule has 1 aliphatic heterocycles. The number of H-pyrrole nitrogens is 1. The summed E-state index contributed by atoms with van der Waals surface area (Å²) in [7, 11) is 0. The number of rotatable bonds is 3. The first kappa shape index (κ1) is 14.0. The molecule has 0 radical (unpaired) electrons. The van der Waals surface area contributed by atoms with Gasteiger partial charge in [-0.05, 0) is 26.7 Å². The minimum Gasteiger partial charge on any atom is -0.348 e. The summed E-state index contributed by atoms with van der Waals surface area (Å²) in [5.41, 5.74) is 0.799. The molecule has 1 saturated carbocycles. The second kappa shape index (κ2) is 4.68. The standard InChI is InChI=1S/C15H17N5O3/c1-7(2)19-6-9-12(15(19)23)17-11-5-10(18-20(11)14(9)22)13(21)16-8-3-4-8/h5,7-8,18H,3-4,6H2,1-2H3,(H,16,21). The van der Waals surface area contributed by atoms with E-state index in [2.05, 4.69) is 15.4 Å². The van der Waals surface area contributed by atoms with Crippen molar-refractivity contribution in [3.05, 3.63) is 33.4 Å². The van der Waals surface area contributed by atoms with Crippen LogP contribution in [0.3, 0.4) is 0 Å². The van der Waals surface area contributed by atoms with E-state index in [1.54, 1.807) is 4.90 Å². The zero-order valence-electron chi connectivity index (χ0n) is 12.9. The highest BCUT2D eigenvalue weighted by molar-refractivity contribution is 5.97. The van der Waals surface area contributed by atoms with Gasteiger partial charge in [0.1, 0.15) is 11.4 Å². The Morgan fingerprint density at radius 2 is 2.13 bits per heavy atom. The quantitative estimate of drug-likeness (QED) is 0.849. The number of fused-ring (bicyclic) bond motifs is 2. The van der Waals surface area contributed by atoms with E-state index in [1.165, 1.54) is 10.6 Å². The zero-order chi connectivity index (χ0) is 16.3. The SMILES string of the molecule is CC(C)N1Cc2c(nc3cc(C(=O)NC4CC4)[nH]n3c2=O)C1=O. The fourth-order valence-electron chi connectivity index (χ4n) is 2.78. The lowest BCUT2D eigenvalue weighted by Gasteiger charge is -2.19. The predicted molar refractivity (Wildman–Crippen MR) is 81.3 cm³/mol. The molecule has 0 bridgehead atoms. The highest BCUT2D eigenvalue weighted by Crippen LogP contribution is 2.22. The van der Waals surface area contributed by atoms with Gasteiger partial charge in [-0.15, -0.1) is 0 Å². The largest absolute Gasteiger partial charge is 0.348 e. The molecule has 0 aromatic carbocycles. The third-order valence-corrected chi connectivity index (χ3v) is 4.28. The average Bonchev–Trinajstić information content (AvgIpc) is 3.09. The van der Waals surface area contributed by atoms with E-state index in [0.717, 1.165) is 12.8 Å². The van der Waals surface area contributed by atoms with Gasteiger partial charge in [0.05, 0.1) is 12.1 Å². The Labute approximate surface area is 131 Å². The van der Waals surface area contributed by atoms with Crippen LogP contribution in [0.2, 0.25) is 0 Å². The maximum atomic E-state index is 12.6. The number of aromatic amines is 1. The molecule has 0 atom stereocenters. The molecule has 2 aromatic rings. The minimum atomic E-state index is -0.327. The Balaban J connectivity index is 1.77. The second-order valence-electron chi connectivity index (χ2n) is 6.38. The molecule has 120 valence electrons. The monoisotopic (exact) mass is 315 g/mol. The third-order valence-electron chi connectivity index (χ3n) is 4.28. The smallest absolute Gasteiger partial charge is 0.278 e. The molecule has 23 heavy (non-hydrogen) atoms. The van der Waals surface area contributed by atoms with E-state index in [1.807, 2.05) is 13.8 Å². The van der Waals surface area contributed by atoms with E-state index >= 15 is 0 Å². The Morgan fingerprint density at radius 3 is 2.78 bits per heavy atom. The van der Waals surface area contributed by atoms with Crippen molar-refractivity contribution < 1.29 is 9.59 Å². The number of hydrogen-bond acceptors (Lipinski definition) is 4. The van der Waals surface area contributed by atoms with Crippen molar-refractivity contribution >= 4 is 17.5 Å². The predicted octanol–water partition coefficient (Wildman–Crippen LogP) is 0.279. The Bertz CT molecular complexity index is 890. The lowest BCUT2D eigenvalue weighted by Crippen LogP contribution is -2.31. The van der Waals surface area contributed by atoms with Crippen molar-refractivity contribution in [2.75, 3.05) is 0 Å². The van der Waals surface area contributed by atoms with Gasteiger partial charge >= 0.3 is 0 Å². The highest BCUT2D eigenvalue weighted by atomic mass is 16.2. The van der Waals surface area contributed by atoms with Gasteiger partial charge < -0.3 is 10.2 Å². The maximum absolute atomic E-state index is 12.6. The lowest BCUT2D eigenvalue weighted by molar-refractivity contribution is 0.0726. The summed E-state index contributed by atoms with van der Waals surface area (Å²) in [5, 5.41) is 5.64. The van der Waals surface area contributed by atoms with Crippen LogP contribution >= 0.6 is 0 Å². The number of carbonyl (C=O) groups is 2. The number of nitrogens with zero attached hydrogens (tertiary/aromatic N) is 3. The molecule has 2 aliphatic rings. The molecule has 1 fully saturated rings. The van der Waals surface area contributed by atoms with Gasteiger partial charge in [-0.3, -0.25) is 19.5 Å². The molecule has 8 heteroatoms. The Hall–Kier alpha value is -2.64. The summed E-state index contributed by atoms with van der Waals surface area (Å²) in [6.45, 7) is 4.05. The molecule has 2 N–H and O–H groups in total. The fraction of sp³-hybridized carbons (Fsp3) is 0.467. The number of nitrogens with one attached hydrogen (secondary N) is 2. The van der Waals surface area contributed by atoms with Gasteiger partial charge in [-0.25, -0.2) is 9.50 Å². The summed E-state index contributed by atoms with van der Waals surface area (Å²) in [5.74, 6) is -0.493. The Kier molecular flexibility index (Phi) is 2.84. The summed E-state index contributed by atoms with van der Waals surface area (Å²) in [6, 6.07) is 1.73. The minimum absolute atomic E-state index is 0.000627. The molecule has 1 aliphatic carbocycles. The van der Waals surface area contributed by atoms with Gasteiger partial charge in [-0.2, -0.15) is 0 Å². The van der Waals surface area contributed by atoms with Crippen molar-refractivity contribution in [3.8, 4) is 0 Å². The first-order chi connectivity index (χ1) is 11.0. The summed E-state index contributed by atoms with van der Waals surface area (Å²) in [6.07, 6.45) is 1.97. The van der Waals surface area contributed by atoms with E-state index < -0.39 is 0 Å². The molecule has 0 saturated heterocycles. The van der Waals surface area contributed by atoms with Gasteiger partial charge in [-0.1, -0.05) is 0 Å². The number of aromatic nitrogens is 3.